The van der Waals surface area contributed by atoms with Crippen molar-refractivity contribution < 1.29 is 29.3 Å². The minimum atomic E-state index is -1.15. The number of rotatable bonds is 7. The molecule has 0 aliphatic heterocycles. The molecule has 3 N–H and O–H groups in total. The van der Waals surface area contributed by atoms with Crippen molar-refractivity contribution in [2.24, 2.45) is 0 Å². The summed E-state index contributed by atoms with van der Waals surface area (Å²) in [5, 5.41) is 20.9. The zero-order chi connectivity index (χ0) is 15.1. The Morgan fingerprint density at radius 3 is 2.55 bits per heavy atom. The fraction of sp³-hybridized carbons (Fsp3) is 0.385. The highest BCUT2D eigenvalue weighted by Crippen LogP contribution is 2.26. The van der Waals surface area contributed by atoms with Crippen molar-refractivity contribution in [1.29, 1.82) is 0 Å². The highest BCUT2D eigenvalue weighted by molar-refractivity contribution is 5.97. The third-order valence-electron chi connectivity index (χ3n) is 2.66. The maximum absolute atomic E-state index is 11.9. The number of ether oxygens (including phenoxy) is 2. The number of carbonyl (C=O) groups is 2. The number of amides is 1. The Hall–Kier alpha value is -2.28. The van der Waals surface area contributed by atoms with Gasteiger partial charge in [0.05, 0.1) is 7.11 Å². The van der Waals surface area contributed by atoms with Crippen molar-refractivity contribution in [2.75, 3.05) is 20.8 Å². The van der Waals surface area contributed by atoms with Gasteiger partial charge in [0.15, 0.2) is 11.5 Å². The second-order valence-corrected chi connectivity index (χ2v) is 4.03. The van der Waals surface area contributed by atoms with Crippen LogP contribution in [0.4, 0.5) is 0 Å². The molecule has 0 aliphatic carbocycles. The minimum absolute atomic E-state index is 0.145. The van der Waals surface area contributed by atoms with Gasteiger partial charge in [0.1, 0.15) is 6.04 Å². The molecule has 20 heavy (non-hydrogen) atoms. The van der Waals surface area contributed by atoms with Gasteiger partial charge in [-0.1, -0.05) is 0 Å². The van der Waals surface area contributed by atoms with Crippen LogP contribution < -0.4 is 10.1 Å². The minimum Gasteiger partial charge on any atom is -0.504 e. The van der Waals surface area contributed by atoms with Gasteiger partial charge in [0.25, 0.3) is 5.91 Å². The predicted octanol–water partition coefficient (Wildman–Crippen LogP) is 0.620. The van der Waals surface area contributed by atoms with Gasteiger partial charge in [-0.2, -0.15) is 0 Å². The van der Waals surface area contributed by atoms with E-state index in [4.69, 9.17) is 14.6 Å². The average Bonchev–Trinajstić information content (AvgIpc) is 2.42. The summed E-state index contributed by atoms with van der Waals surface area (Å²) in [6, 6.07) is 3.02. The molecule has 0 heterocycles. The first kappa shape index (κ1) is 15.8. The van der Waals surface area contributed by atoms with Crippen LogP contribution in [-0.2, 0) is 9.53 Å². The summed E-state index contributed by atoms with van der Waals surface area (Å²) in [5.74, 6) is -1.70. The molecular weight excluding hydrogens is 266 g/mol. The molecule has 110 valence electrons. The van der Waals surface area contributed by atoms with E-state index >= 15 is 0 Å². The Morgan fingerprint density at radius 1 is 1.35 bits per heavy atom. The van der Waals surface area contributed by atoms with Crippen LogP contribution in [0.3, 0.4) is 0 Å². The van der Waals surface area contributed by atoms with Crippen LogP contribution in [0.5, 0.6) is 11.5 Å². The topological polar surface area (TPSA) is 105 Å². The molecule has 0 aliphatic rings. The molecule has 0 aromatic heterocycles. The van der Waals surface area contributed by atoms with Crippen LogP contribution in [-0.4, -0.2) is 49.0 Å². The third kappa shape index (κ3) is 4.13. The van der Waals surface area contributed by atoms with Gasteiger partial charge < -0.3 is 25.0 Å². The van der Waals surface area contributed by atoms with Crippen LogP contribution in [0.1, 0.15) is 16.8 Å². The number of nitrogens with one attached hydrogen (secondary N) is 1. The Bertz CT molecular complexity index is 488. The van der Waals surface area contributed by atoms with E-state index in [9.17, 15) is 14.7 Å². The molecule has 1 amide bonds. The van der Waals surface area contributed by atoms with E-state index in [1.807, 2.05) is 0 Å². The summed E-state index contributed by atoms with van der Waals surface area (Å²) < 4.78 is 9.65. The van der Waals surface area contributed by atoms with Crippen molar-refractivity contribution in [1.82, 2.24) is 5.32 Å². The van der Waals surface area contributed by atoms with E-state index in [-0.39, 0.29) is 30.1 Å². The van der Waals surface area contributed by atoms with Crippen molar-refractivity contribution in [2.45, 2.75) is 12.5 Å². The summed E-state index contributed by atoms with van der Waals surface area (Å²) in [6.07, 6.45) is 0.152. The summed E-state index contributed by atoms with van der Waals surface area (Å²) in [6.45, 7) is 0.213. The lowest BCUT2D eigenvalue weighted by molar-refractivity contribution is -0.139. The number of carboxylic acid groups (broad SMARTS) is 1. The van der Waals surface area contributed by atoms with Gasteiger partial charge in [0, 0.05) is 25.7 Å². The highest BCUT2D eigenvalue weighted by Gasteiger charge is 2.20. The van der Waals surface area contributed by atoms with Crippen molar-refractivity contribution in [3.63, 3.8) is 0 Å². The zero-order valence-electron chi connectivity index (χ0n) is 11.3. The van der Waals surface area contributed by atoms with E-state index in [1.54, 1.807) is 0 Å². The highest BCUT2D eigenvalue weighted by atomic mass is 16.5. The Kier molecular flexibility index (Phi) is 5.79. The normalized spacial score (nSPS) is 11.7. The van der Waals surface area contributed by atoms with E-state index in [0.29, 0.717) is 0 Å². The average molecular weight is 283 g/mol. The molecular formula is C13H17NO6. The second kappa shape index (κ2) is 7.34. The number of carboxylic acids is 1. The summed E-state index contributed by atoms with van der Waals surface area (Å²) in [4.78, 5) is 22.9. The predicted molar refractivity (Wildman–Crippen MR) is 70.0 cm³/mol. The quantitative estimate of drug-likeness (QED) is 0.677. The third-order valence-corrected chi connectivity index (χ3v) is 2.66. The number of phenols is 1. The first-order valence-corrected chi connectivity index (χ1v) is 5.89. The van der Waals surface area contributed by atoms with Gasteiger partial charge in [-0.05, 0) is 18.2 Å². The van der Waals surface area contributed by atoms with Gasteiger partial charge in [-0.25, -0.2) is 4.79 Å². The first-order valence-electron chi connectivity index (χ1n) is 5.89. The van der Waals surface area contributed by atoms with Crippen molar-refractivity contribution in [3.8, 4) is 11.5 Å². The first-order chi connectivity index (χ1) is 9.49. The van der Waals surface area contributed by atoms with E-state index in [1.165, 1.54) is 32.4 Å². The molecule has 0 bridgehead atoms. The van der Waals surface area contributed by atoms with Gasteiger partial charge in [-0.15, -0.1) is 0 Å². The van der Waals surface area contributed by atoms with Crippen LogP contribution >= 0.6 is 0 Å². The molecule has 1 atom stereocenters. The molecule has 7 heteroatoms. The maximum Gasteiger partial charge on any atom is 0.326 e. The monoisotopic (exact) mass is 283 g/mol. The van der Waals surface area contributed by atoms with Crippen molar-refractivity contribution >= 4 is 11.9 Å². The smallest absolute Gasteiger partial charge is 0.326 e. The molecule has 0 fully saturated rings. The molecule has 0 saturated heterocycles. The number of methoxy groups -OCH3 is 2. The largest absolute Gasteiger partial charge is 0.504 e. The van der Waals surface area contributed by atoms with Gasteiger partial charge in [0.2, 0.25) is 0 Å². The standard InChI is InChI=1S/C13H17NO6/c1-19-6-5-9(13(17)18)14-12(16)8-3-4-11(20-2)10(15)7-8/h3-4,7,9,15H,5-6H2,1-2H3,(H,14,16)(H,17,18). The molecule has 0 saturated carbocycles. The van der Waals surface area contributed by atoms with E-state index in [0.717, 1.165) is 0 Å². The molecule has 1 aromatic carbocycles. The van der Waals surface area contributed by atoms with Crippen LogP contribution in [0.15, 0.2) is 18.2 Å². The number of hydrogen-bond acceptors (Lipinski definition) is 5. The number of phenolic OH excluding ortho intramolecular Hbond substituents is 1. The molecule has 0 radical (unpaired) electrons. The molecule has 0 spiro atoms. The van der Waals surface area contributed by atoms with E-state index in [2.05, 4.69) is 5.32 Å². The summed E-state index contributed by atoms with van der Waals surface area (Å²) in [7, 11) is 2.84. The van der Waals surface area contributed by atoms with E-state index < -0.39 is 17.9 Å². The van der Waals surface area contributed by atoms with Crippen molar-refractivity contribution in [3.05, 3.63) is 23.8 Å². The number of hydrogen-bond donors (Lipinski definition) is 3. The van der Waals surface area contributed by atoms with Crippen LogP contribution in [0, 0.1) is 0 Å². The lowest BCUT2D eigenvalue weighted by Gasteiger charge is -2.14. The maximum atomic E-state index is 11.9. The number of aliphatic carboxylic acids is 1. The number of carbonyl (C=O) groups excluding carboxylic acids is 1. The number of benzene rings is 1. The molecule has 1 aromatic rings. The Morgan fingerprint density at radius 2 is 2.05 bits per heavy atom. The summed E-state index contributed by atoms with van der Waals surface area (Å²) in [5.41, 5.74) is 0.145. The van der Waals surface area contributed by atoms with Crippen LogP contribution in [0.25, 0.3) is 0 Å². The fourth-order valence-electron chi connectivity index (χ4n) is 1.57. The lowest BCUT2D eigenvalue weighted by atomic mass is 10.1. The zero-order valence-corrected chi connectivity index (χ0v) is 11.3. The molecule has 1 unspecified atom stereocenters. The SMILES string of the molecule is COCCC(NC(=O)c1ccc(OC)c(O)c1)C(=O)O. The Labute approximate surface area is 116 Å². The lowest BCUT2D eigenvalue weighted by Crippen LogP contribution is -2.41. The van der Waals surface area contributed by atoms with Gasteiger partial charge >= 0.3 is 5.97 Å². The number of aromatic hydroxyl groups is 1. The van der Waals surface area contributed by atoms with Crippen LogP contribution in [0.2, 0.25) is 0 Å². The molecule has 7 nitrogen and oxygen atoms in total. The Balaban J connectivity index is 2.78. The second-order valence-electron chi connectivity index (χ2n) is 4.03. The van der Waals surface area contributed by atoms with Gasteiger partial charge in [-0.3, -0.25) is 4.79 Å². The molecule has 1 rings (SSSR count). The fourth-order valence-corrected chi connectivity index (χ4v) is 1.57. The summed E-state index contributed by atoms with van der Waals surface area (Å²) >= 11 is 0.